The molecule has 12 heteroatoms. The number of hydrogen-bond donors (Lipinski definition) is 3. The van der Waals surface area contributed by atoms with Gasteiger partial charge in [0.15, 0.2) is 0 Å². The van der Waals surface area contributed by atoms with Gasteiger partial charge in [-0.3, -0.25) is 4.90 Å². The molecule has 1 heterocycles. The van der Waals surface area contributed by atoms with Crippen LogP contribution in [0.5, 0.6) is 0 Å². The summed E-state index contributed by atoms with van der Waals surface area (Å²) in [6.07, 6.45) is -9.82. The van der Waals surface area contributed by atoms with E-state index in [4.69, 9.17) is 0 Å². The predicted molar refractivity (Wildman–Crippen MR) is 120 cm³/mol. The number of alkyl halides is 6. The number of halogens is 7. The molecule has 1 amide bonds. The Morgan fingerprint density at radius 1 is 1.06 bits per heavy atom. The highest BCUT2D eigenvalue weighted by atomic mass is 19.4. The standard InChI is InChI=1S/C13H17FN2O2.C11H11F6N/c1-9-8-10(14)2-3-11(9)12-4-5-15-6-7-16(12)13(17)18;1-6(18-2)7-3-8(10(12,13)14)5-9(4-7)11(15,16)17/h2-3,8,12,15H,4-7H2,1H3,(H,17,18);3-6,18H,1-2H3/t12-;6-/m10/s1. The average Bonchev–Trinajstić information content (AvgIpc) is 3.04. The van der Waals surface area contributed by atoms with Crippen LogP contribution < -0.4 is 10.6 Å². The van der Waals surface area contributed by atoms with Crippen molar-refractivity contribution in [2.24, 2.45) is 0 Å². The minimum absolute atomic E-state index is 0.0559. The number of amides is 1. The molecule has 1 aliphatic rings. The molecule has 1 saturated heterocycles. The fourth-order valence-electron chi connectivity index (χ4n) is 3.84. The second-order valence-corrected chi connectivity index (χ2v) is 8.38. The molecular formula is C24H28F7N3O2. The summed E-state index contributed by atoms with van der Waals surface area (Å²) in [5.74, 6) is -0.287. The summed E-state index contributed by atoms with van der Waals surface area (Å²) in [7, 11) is 1.46. The smallest absolute Gasteiger partial charge is 0.416 e. The van der Waals surface area contributed by atoms with Crippen LogP contribution in [-0.2, 0) is 12.4 Å². The Morgan fingerprint density at radius 2 is 1.64 bits per heavy atom. The van der Waals surface area contributed by atoms with Crippen LogP contribution in [0.15, 0.2) is 36.4 Å². The molecule has 1 fully saturated rings. The summed E-state index contributed by atoms with van der Waals surface area (Å²) < 4.78 is 88.2. The number of benzene rings is 2. The molecule has 0 radical (unpaired) electrons. The lowest BCUT2D eigenvalue weighted by atomic mass is 9.97. The van der Waals surface area contributed by atoms with E-state index in [0.717, 1.165) is 29.8 Å². The predicted octanol–water partition coefficient (Wildman–Crippen LogP) is 6.15. The topological polar surface area (TPSA) is 64.6 Å². The van der Waals surface area contributed by atoms with Crippen LogP contribution in [0.1, 0.15) is 53.2 Å². The molecule has 0 unspecified atom stereocenters. The molecule has 0 spiro atoms. The first-order valence-corrected chi connectivity index (χ1v) is 11.1. The zero-order chi connectivity index (χ0) is 27.3. The van der Waals surface area contributed by atoms with Gasteiger partial charge in [0.1, 0.15) is 5.82 Å². The summed E-state index contributed by atoms with van der Waals surface area (Å²) in [5.41, 5.74) is -0.959. The largest absolute Gasteiger partial charge is 0.465 e. The van der Waals surface area contributed by atoms with Crippen LogP contribution in [0.3, 0.4) is 0 Å². The van der Waals surface area contributed by atoms with Crippen LogP contribution in [0.25, 0.3) is 0 Å². The lowest BCUT2D eigenvalue weighted by Gasteiger charge is -2.28. The molecule has 5 nitrogen and oxygen atoms in total. The summed E-state index contributed by atoms with van der Waals surface area (Å²) in [4.78, 5) is 12.7. The Kier molecular flexibility index (Phi) is 9.72. The van der Waals surface area contributed by atoms with E-state index in [9.17, 15) is 40.6 Å². The van der Waals surface area contributed by atoms with Gasteiger partial charge in [-0.15, -0.1) is 0 Å². The molecule has 2 aromatic rings. The van der Waals surface area contributed by atoms with Gasteiger partial charge < -0.3 is 15.7 Å². The minimum atomic E-state index is -4.80. The molecule has 0 bridgehead atoms. The highest BCUT2D eigenvalue weighted by Gasteiger charge is 2.37. The lowest BCUT2D eigenvalue weighted by molar-refractivity contribution is -0.143. The Morgan fingerprint density at radius 3 is 2.11 bits per heavy atom. The van der Waals surface area contributed by atoms with Crippen LogP contribution in [-0.4, -0.2) is 42.8 Å². The summed E-state index contributed by atoms with van der Waals surface area (Å²) in [6.45, 7) is 5.18. The molecule has 2 aromatic carbocycles. The van der Waals surface area contributed by atoms with Gasteiger partial charge in [-0.2, -0.15) is 26.3 Å². The maximum Gasteiger partial charge on any atom is 0.416 e. The highest BCUT2D eigenvalue weighted by molar-refractivity contribution is 5.66. The van der Waals surface area contributed by atoms with Gasteiger partial charge in [0.05, 0.1) is 17.2 Å². The second-order valence-electron chi connectivity index (χ2n) is 8.38. The van der Waals surface area contributed by atoms with E-state index >= 15 is 0 Å². The maximum absolute atomic E-state index is 13.1. The number of hydrogen-bond acceptors (Lipinski definition) is 3. The number of aryl methyl sites for hydroxylation is 1. The average molecular weight is 523 g/mol. The van der Waals surface area contributed by atoms with Crippen molar-refractivity contribution in [3.05, 3.63) is 70.0 Å². The van der Waals surface area contributed by atoms with Crippen LogP contribution >= 0.6 is 0 Å². The third-order valence-electron chi connectivity index (χ3n) is 5.88. The van der Waals surface area contributed by atoms with Crippen molar-refractivity contribution < 1.29 is 40.6 Å². The Bertz CT molecular complexity index is 1010. The van der Waals surface area contributed by atoms with Crippen molar-refractivity contribution >= 4 is 6.09 Å². The molecule has 36 heavy (non-hydrogen) atoms. The Hall–Kier alpha value is -2.86. The molecule has 0 aliphatic carbocycles. The summed E-state index contributed by atoms with van der Waals surface area (Å²) >= 11 is 0. The van der Waals surface area contributed by atoms with E-state index in [1.165, 1.54) is 31.0 Å². The Balaban J connectivity index is 0.000000254. The van der Waals surface area contributed by atoms with Crippen LogP contribution in [0, 0.1) is 12.7 Å². The van der Waals surface area contributed by atoms with Gasteiger partial charge in [-0.05, 0) is 80.9 Å². The zero-order valence-corrected chi connectivity index (χ0v) is 19.9. The van der Waals surface area contributed by atoms with Crippen molar-refractivity contribution in [3.63, 3.8) is 0 Å². The quantitative estimate of drug-likeness (QED) is 0.422. The van der Waals surface area contributed by atoms with Gasteiger partial charge in [0.2, 0.25) is 0 Å². The zero-order valence-electron chi connectivity index (χ0n) is 19.9. The first-order valence-electron chi connectivity index (χ1n) is 11.1. The molecular weight excluding hydrogens is 495 g/mol. The number of carboxylic acid groups (broad SMARTS) is 1. The first-order chi connectivity index (χ1) is 16.6. The third kappa shape index (κ3) is 7.82. The van der Waals surface area contributed by atoms with E-state index in [1.54, 1.807) is 6.07 Å². The number of carbonyl (C=O) groups is 1. The monoisotopic (exact) mass is 523 g/mol. The SMILES string of the molecule is CN[C@@H](C)c1cc(C(F)(F)F)cc(C(F)(F)F)c1.Cc1cc(F)ccc1[C@H]1CCNCCN1C(=O)O. The van der Waals surface area contributed by atoms with Crippen molar-refractivity contribution in [2.75, 3.05) is 26.7 Å². The van der Waals surface area contributed by atoms with E-state index < -0.39 is 35.6 Å². The van der Waals surface area contributed by atoms with Gasteiger partial charge in [0, 0.05) is 19.1 Å². The van der Waals surface area contributed by atoms with Crippen molar-refractivity contribution in [3.8, 4) is 0 Å². The van der Waals surface area contributed by atoms with E-state index in [1.807, 2.05) is 6.92 Å². The molecule has 3 N–H and O–H groups in total. The molecule has 200 valence electrons. The molecule has 3 rings (SSSR count). The van der Waals surface area contributed by atoms with Gasteiger partial charge in [0.25, 0.3) is 0 Å². The van der Waals surface area contributed by atoms with Gasteiger partial charge in [-0.25, -0.2) is 9.18 Å². The van der Waals surface area contributed by atoms with E-state index in [-0.39, 0.29) is 23.5 Å². The fraction of sp³-hybridized carbons (Fsp3) is 0.458. The molecule has 0 aromatic heterocycles. The molecule has 1 aliphatic heterocycles. The maximum atomic E-state index is 13.1. The highest BCUT2D eigenvalue weighted by Crippen LogP contribution is 2.37. The molecule has 0 saturated carbocycles. The molecule has 2 atom stereocenters. The summed E-state index contributed by atoms with van der Waals surface area (Å²) in [6, 6.07) is 5.29. The van der Waals surface area contributed by atoms with Crippen molar-refractivity contribution in [1.82, 2.24) is 15.5 Å². The number of rotatable bonds is 3. The number of nitrogens with zero attached hydrogens (tertiary/aromatic N) is 1. The van der Waals surface area contributed by atoms with E-state index in [0.29, 0.717) is 19.5 Å². The van der Waals surface area contributed by atoms with Gasteiger partial charge >= 0.3 is 18.4 Å². The third-order valence-corrected chi connectivity index (χ3v) is 5.88. The van der Waals surface area contributed by atoms with Crippen LogP contribution in [0.2, 0.25) is 0 Å². The van der Waals surface area contributed by atoms with Gasteiger partial charge in [-0.1, -0.05) is 6.07 Å². The van der Waals surface area contributed by atoms with E-state index in [2.05, 4.69) is 10.6 Å². The van der Waals surface area contributed by atoms with Crippen LogP contribution in [0.4, 0.5) is 35.5 Å². The van der Waals surface area contributed by atoms with Crippen molar-refractivity contribution in [2.45, 2.75) is 44.7 Å². The number of nitrogens with one attached hydrogen (secondary N) is 2. The normalized spacial score (nSPS) is 17.6. The van der Waals surface area contributed by atoms with Crippen molar-refractivity contribution in [1.29, 1.82) is 0 Å². The minimum Gasteiger partial charge on any atom is -0.465 e. The lowest BCUT2D eigenvalue weighted by Crippen LogP contribution is -2.35. The summed E-state index contributed by atoms with van der Waals surface area (Å²) in [5, 5.41) is 15.1. The fourth-order valence-corrected chi connectivity index (χ4v) is 3.84. The first kappa shape index (κ1) is 29.4. The Labute approximate surface area is 204 Å². The second kappa shape index (κ2) is 11.9.